The van der Waals surface area contributed by atoms with Crippen molar-refractivity contribution in [2.24, 2.45) is 0 Å². The molecule has 0 unspecified atom stereocenters. The summed E-state index contributed by atoms with van der Waals surface area (Å²) < 4.78 is 0. The summed E-state index contributed by atoms with van der Waals surface area (Å²) in [6.45, 7) is 2.64. The maximum Gasteiger partial charge on any atom is 0.0151 e. The zero-order chi connectivity index (χ0) is 12.7. The second-order valence-corrected chi connectivity index (χ2v) is 6.58. The summed E-state index contributed by atoms with van der Waals surface area (Å²) in [5.74, 6) is 0. The van der Waals surface area contributed by atoms with Crippen molar-refractivity contribution in [1.82, 2.24) is 10.2 Å². The number of nitrogens with zero attached hydrogens (tertiary/aromatic N) is 1. The molecule has 0 atom stereocenters. The molecular weight excluding hydrogens is 232 g/mol. The van der Waals surface area contributed by atoms with Crippen LogP contribution in [0.2, 0.25) is 0 Å². The fourth-order valence-electron chi connectivity index (χ4n) is 3.88. The van der Waals surface area contributed by atoms with Crippen LogP contribution >= 0.6 is 0 Å². The van der Waals surface area contributed by atoms with Crippen LogP contribution in [0.25, 0.3) is 0 Å². The lowest BCUT2D eigenvalue weighted by Crippen LogP contribution is -2.47. The van der Waals surface area contributed by atoms with E-state index in [4.69, 9.17) is 0 Å². The lowest BCUT2D eigenvalue weighted by Gasteiger charge is -2.34. The van der Waals surface area contributed by atoms with E-state index in [2.05, 4.69) is 34.5 Å². The molecule has 1 saturated heterocycles. The fraction of sp³-hybridized carbons (Fsp3) is 0.647. The molecule has 19 heavy (non-hydrogen) atoms. The van der Waals surface area contributed by atoms with Crippen molar-refractivity contribution in [2.45, 2.75) is 56.7 Å². The minimum absolute atomic E-state index is 0.690. The van der Waals surface area contributed by atoms with Gasteiger partial charge in [-0.05, 0) is 62.7 Å². The van der Waals surface area contributed by atoms with Crippen LogP contribution < -0.4 is 5.32 Å². The molecule has 1 saturated carbocycles. The van der Waals surface area contributed by atoms with Crippen LogP contribution in [0.4, 0.5) is 0 Å². The number of hydrogen-bond donors (Lipinski definition) is 1. The fourth-order valence-corrected chi connectivity index (χ4v) is 3.88. The zero-order valence-electron chi connectivity index (χ0n) is 11.6. The number of fused-ring (bicyclic) bond motifs is 1. The van der Waals surface area contributed by atoms with E-state index in [1.807, 2.05) is 0 Å². The number of hydrogen-bond acceptors (Lipinski definition) is 2. The number of likely N-dealkylation sites (tertiary alicyclic amines) is 1. The molecule has 1 N–H and O–H groups in total. The standard InChI is InChI=1S/C17H24N2/c1-2-4-14-12-16(11-13(14)3-1)18-15-7-9-19(10-8-15)17-5-6-17/h1-4,15-18H,5-12H2. The molecule has 0 aromatic heterocycles. The summed E-state index contributed by atoms with van der Waals surface area (Å²) >= 11 is 0. The van der Waals surface area contributed by atoms with Gasteiger partial charge in [-0.15, -0.1) is 0 Å². The summed E-state index contributed by atoms with van der Waals surface area (Å²) in [5.41, 5.74) is 3.13. The number of piperidine rings is 1. The minimum atomic E-state index is 0.690. The topological polar surface area (TPSA) is 15.3 Å². The summed E-state index contributed by atoms with van der Waals surface area (Å²) in [7, 11) is 0. The highest BCUT2D eigenvalue weighted by Gasteiger charge is 2.32. The van der Waals surface area contributed by atoms with Crippen LogP contribution in [-0.2, 0) is 12.8 Å². The quantitative estimate of drug-likeness (QED) is 0.893. The van der Waals surface area contributed by atoms with Gasteiger partial charge in [0.25, 0.3) is 0 Å². The van der Waals surface area contributed by atoms with Gasteiger partial charge in [-0.1, -0.05) is 24.3 Å². The number of rotatable bonds is 3. The first kappa shape index (κ1) is 11.9. The maximum absolute atomic E-state index is 3.92. The third-order valence-electron chi connectivity index (χ3n) is 5.12. The molecule has 0 radical (unpaired) electrons. The predicted molar refractivity (Wildman–Crippen MR) is 78.4 cm³/mol. The van der Waals surface area contributed by atoms with Crippen LogP contribution in [0, 0.1) is 0 Å². The molecule has 3 aliphatic rings. The van der Waals surface area contributed by atoms with E-state index in [-0.39, 0.29) is 0 Å². The normalized spacial score (nSPS) is 25.7. The number of benzene rings is 1. The Hall–Kier alpha value is -0.860. The second-order valence-electron chi connectivity index (χ2n) is 6.58. The third kappa shape index (κ3) is 2.56. The third-order valence-corrected chi connectivity index (χ3v) is 5.12. The Morgan fingerprint density at radius 2 is 1.47 bits per heavy atom. The van der Waals surface area contributed by atoms with Gasteiger partial charge in [0.15, 0.2) is 0 Å². The summed E-state index contributed by atoms with van der Waals surface area (Å²) in [6.07, 6.45) is 8.08. The molecular formula is C17H24N2. The molecule has 0 bridgehead atoms. The van der Waals surface area contributed by atoms with Crippen molar-refractivity contribution in [3.8, 4) is 0 Å². The minimum Gasteiger partial charge on any atom is -0.310 e. The van der Waals surface area contributed by atoms with E-state index >= 15 is 0 Å². The van der Waals surface area contributed by atoms with Gasteiger partial charge in [0.2, 0.25) is 0 Å². The van der Waals surface area contributed by atoms with Crippen LogP contribution in [0.15, 0.2) is 24.3 Å². The van der Waals surface area contributed by atoms with Crippen molar-refractivity contribution in [3.05, 3.63) is 35.4 Å². The Bertz CT molecular complexity index is 419. The smallest absolute Gasteiger partial charge is 0.0151 e. The van der Waals surface area contributed by atoms with E-state index in [0.717, 1.165) is 12.1 Å². The largest absolute Gasteiger partial charge is 0.310 e. The summed E-state index contributed by atoms with van der Waals surface area (Å²) in [5, 5.41) is 3.92. The van der Waals surface area contributed by atoms with Gasteiger partial charge in [0.1, 0.15) is 0 Å². The van der Waals surface area contributed by atoms with Gasteiger partial charge in [0.05, 0.1) is 0 Å². The molecule has 1 heterocycles. The average Bonchev–Trinajstić information content (AvgIpc) is 3.20. The Labute approximate surface area is 116 Å². The molecule has 1 aliphatic heterocycles. The van der Waals surface area contributed by atoms with Crippen LogP contribution in [0.3, 0.4) is 0 Å². The van der Waals surface area contributed by atoms with Crippen LogP contribution in [0.5, 0.6) is 0 Å². The molecule has 2 fully saturated rings. The maximum atomic E-state index is 3.92. The van der Waals surface area contributed by atoms with Crippen molar-refractivity contribution in [3.63, 3.8) is 0 Å². The molecule has 1 aromatic carbocycles. The highest BCUT2D eigenvalue weighted by atomic mass is 15.2. The van der Waals surface area contributed by atoms with E-state index in [0.29, 0.717) is 6.04 Å². The lowest BCUT2D eigenvalue weighted by atomic mass is 10.0. The Kier molecular flexibility index (Phi) is 3.08. The van der Waals surface area contributed by atoms with Gasteiger partial charge in [-0.3, -0.25) is 0 Å². The molecule has 2 heteroatoms. The lowest BCUT2D eigenvalue weighted by molar-refractivity contribution is 0.183. The van der Waals surface area contributed by atoms with E-state index in [1.54, 1.807) is 11.1 Å². The van der Waals surface area contributed by atoms with Crippen molar-refractivity contribution < 1.29 is 0 Å². The van der Waals surface area contributed by atoms with Crippen LogP contribution in [-0.4, -0.2) is 36.1 Å². The Balaban J connectivity index is 1.29. The average molecular weight is 256 g/mol. The second kappa shape index (κ2) is 4.92. The SMILES string of the molecule is c1ccc2c(c1)CC(NC1CCN(C3CC3)CC1)C2. The van der Waals surface area contributed by atoms with E-state index in [1.165, 1.54) is 51.6 Å². The first-order valence-electron chi connectivity index (χ1n) is 7.95. The van der Waals surface area contributed by atoms with Gasteiger partial charge in [-0.2, -0.15) is 0 Å². The van der Waals surface area contributed by atoms with Crippen molar-refractivity contribution in [2.75, 3.05) is 13.1 Å². The molecule has 2 nitrogen and oxygen atoms in total. The highest BCUT2D eigenvalue weighted by molar-refractivity contribution is 5.33. The van der Waals surface area contributed by atoms with Gasteiger partial charge < -0.3 is 10.2 Å². The Morgan fingerprint density at radius 1 is 0.842 bits per heavy atom. The molecule has 102 valence electrons. The van der Waals surface area contributed by atoms with Crippen molar-refractivity contribution in [1.29, 1.82) is 0 Å². The Morgan fingerprint density at radius 3 is 2.05 bits per heavy atom. The van der Waals surface area contributed by atoms with Gasteiger partial charge in [-0.25, -0.2) is 0 Å². The first-order valence-corrected chi connectivity index (χ1v) is 7.95. The molecule has 0 spiro atoms. The molecule has 4 rings (SSSR count). The van der Waals surface area contributed by atoms with E-state index in [9.17, 15) is 0 Å². The molecule has 1 aromatic rings. The van der Waals surface area contributed by atoms with Gasteiger partial charge in [0, 0.05) is 18.1 Å². The number of nitrogens with one attached hydrogen (secondary N) is 1. The van der Waals surface area contributed by atoms with Crippen molar-refractivity contribution >= 4 is 0 Å². The highest BCUT2D eigenvalue weighted by Crippen LogP contribution is 2.30. The monoisotopic (exact) mass is 256 g/mol. The van der Waals surface area contributed by atoms with Gasteiger partial charge >= 0.3 is 0 Å². The van der Waals surface area contributed by atoms with Crippen LogP contribution in [0.1, 0.15) is 36.8 Å². The predicted octanol–water partition coefficient (Wildman–Crippen LogP) is 2.37. The van der Waals surface area contributed by atoms with E-state index < -0.39 is 0 Å². The summed E-state index contributed by atoms with van der Waals surface area (Å²) in [4.78, 5) is 2.71. The zero-order valence-corrected chi connectivity index (χ0v) is 11.6. The molecule has 0 amide bonds. The first-order chi connectivity index (χ1) is 9.38. The summed E-state index contributed by atoms with van der Waals surface area (Å²) in [6, 6.07) is 11.4. The molecule has 2 aliphatic carbocycles.